The Balaban J connectivity index is 1.44. The van der Waals surface area contributed by atoms with Crippen molar-refractivity contribution < 1.29 is 42.1 Å². The van der Waals surface area contributed by atoms with E-state index in [0.29, 0.717) is 49.1 Å². The molecule has 0 spiro atoms. The predicted octanol–water partition coefficient (Wildman–Crippen LogP) is 5.85. The zero-order chi connectivity index (χ0) is 31.9. The van der Waals surface area contributed by atoms with Gasteiger partial charge in [0.2, 0.25) is 0 Å². The van der Waals surface area contributed by atoms with Crippen LogP contribution in [0.4, 0.5) is 14.5 Å². The number of esters is 1. The standard InChI is InChI=1S/C31H31Cl2F2N3O7/c1-41-24-6-5-19(10-23(24)38-29(39)28-15-36-8-9-42-28)30(40)44-26(12-20-21(32)13-37-14-22(20)33)18-4-7-25(45-31(34)35)27(11-18)43-16-17-2-3-17/h4-7,10-11,13-14,17,26,28,31,36H,2-3,8-9,12,15-16H2,1H3,(H,38,39). The van der Waals surface area contributed by atoms with Crippen molar-refractivity contribution >= 4 is 40.8 Å². The molecule has 1 saturated heterocycles. The minimum atomic E-state index is -3.06. The molecule has 14 heteroatoms. The molecule has 3 aromatic rings. The second-order valence-electron chi connectivity index (χ2n) is 10.5. The molecule has 10 nitrogen and oxygen atoms in total. The minimum Gasteiger partial charge on any atom is -0.495 e. The van der Waals surface area contributed by atoms with Crippen LogP contribution in [0.3, 0.4) is 0 Å². The van der Waals surface area contributed by atoms with Crippen molar-refractivity contribution in [2.75, 3.05) is 38.7 Å². The van der Waals surface area contributed by atoms with Gasteiger partial charge in [-0.3, -0.25) is 9.78 Å². The SMILES string of the molecule is COc1ccc(C(=O)OC(Cc2c(Cl)cncc2Cl)c2ccc(OC(F)F)c(OCC3CC3)c2)cc1NC(=O)C1CNCCO1. The Hall–Kier alpha value is -3.71. The molecule has 0 radical (unpaired) electrons. The van der Waals surface area contributed by atoms with Crippen molar-refractivity contribution in [3.05, 3.63) is 75.5 Å². The number of anilines is 1. The summed E-state index contributed by atoms with van der Waals surface area (Å²) in [6, 6.07) is 8.78. The maximum Gasteiger partial charge on any atom is 0.387 e. The van der Waals surface area contributed by atoms with Crippen LogP contribution in [0.1, 0.15) is 40.4 Å². The molecule has 1 amide bonds. The van der Waals surface area contributed by atoms with Crippen molar-refractivity contribution in [1.82, 2.24) is 10.3 Å². The molecule has 240 valence electrons. The third-order valence-corrected chi connectivity index (χ3v) is 7.88. The number of ether oxygens (including phenoxy) is 5. The Labute approximate surface area is 268 Å². The van der Waals surface area contributed by atoms with E-state index in [2.05, 4.69) is 20.4 Å². The molecule has 1 saturated carbocycles. The van der Waals surface area contributed by atoms with Crippen LogP contribution in [0.15, 0.2) is 48.8 Å². The highest BCUT2D eigenvalue weighted by Gasteiger charge is 2.27. The molecule has 5 rings (SSSR count). The molecule has 2 N–H and O–H groups in total. The maximum atomic E-state index is 13.6. The number of alkyl halides is 2. The predicted molar refractivity (Wildman–Crippen MR) is 162 cm³/mol. The van der Waals surface area contributed by atoms with Crippen molar-refractivity contribution in [1.29, 1.82) is 0 Å². The van der Waals surface area contributed by atoms with Crippen molar-refractivity contribution in [3.63, 3.8) is 0 Å². The number of benzene rings is 2. The van der Waals surface area contributed by atoms with E-state index in [0.717, 1.165) is 12.8 Å². The van der Waals surface area contributed by atoms with Gasteiger partial charge in [-0.25, -0.2) is 4.79 Å². The number of morpholine rings is 1. The molecule has 2 fully saturated rings. The van der Waals surface area contributed by atoms with E-state index in [1.807, 2.05) is 0 Å². The minimum absolute atomic E-state index is 0.0226. The second kappa shape index (κ2) is 15.0. The number of methoxy groups -OCH3 is 1. The molecule has 1 aliphatic heterocycles. The van der Waals surface area contributed by atoms with E-state index in [1.165, 1.54) is 55.9 Å². The fourth-order valence-corrected chi connectivity index (χ4v) is 5.17. The molecule has 45 heavy (non-hydrogen) atoms. The zero-order valence-electron chi connectivity index (χ0n) is 24.2. The van der Waals surface area contributed by atoms with Crippen molar-refractivity contribution in [2.45, 2.75) is 38.1 Å². The number of carbonyl (C=O) groups is 2. The van der Waals surface area contributed by atoms with Gasteiger partial charge in [0.15, 0.2) is 11.5 Å². The highest BCUT2D eigenvalue weighted by Crippen LogP contribution is 2.38. The molecular weight excluding hydrogens is 635 g/mol. The van der Waals surface area contributed by atoms with E-state index < -0.39 is 30.7 Å². The first-order valence-corrected chi connectivity index (χ1v) is 15.0. The van der Waals surface area contributed by atoms with Crippen LogP contribution in [0.2, 0.25) is 10.0 Å². The summed E-state index contributed by atoms with van der Waals surface area (Å²) in [5.74, 6) is -0.558. The Morgan fingerprint density at radius 2 is 1.84 bits per heavy atom. The summed E-state index contributed by atoms with van der Waals surface area (Å²) < 4.78 is 53.7. The van der Waals surface area contributed by atoms with Crippen molar-refractivity contribution in [2.24, 2.45) is 5.92 Å². The van der Waals surface area contributed by atoms with Gasteiger partial charge in [-0.1, -0.05) is 29.3 Å². The number of amides is 1. The number of nitrogens with one attached hydrogen (secondary N) is 2. The average molecular weight is 667 g/mol. The molecule has 2 unspecified atom stereocenters. The number of aromatic nitrogens is 1. The second-order valence-corrected chi connectivity index (χ2v) is 11.3. The summed E-state index contributed by atoms with van der Waals surface area (Å²) in [6.07, 6.45) is 3.10. The van der Waals surface area contributed by atoms with Crippen LogP contribution in [0.25, 0.3) is 0 Å². The molecule has 2 aliphatic rings. The highest BCUT2D eigenvalue weighted by atomic mass is 35.5. The molecule has 2 atom stereocenters. The fourth-order valence-electron chi connectivity index (χ4n) is 4.65. The summed E-state index contributed by atoms with van der Waals surface area (Å²) >= 11 is 12.8. The van der Waals surface area contributed by atoms with Gasteiger partial charge in [0.05, 0.1) is 41.6 Å². The van der Waals surface area contributed by atoms with Gasteiger partial charge in [0, 0.05) is 31.9 Å². The van der Waals surface area contributed by atoms with Gasteiger partial charge < -0.3 is 34.3 Å². The smallest absolute Gasteiger partial charge is 0.387 e. The Morgan fingerprint density at radius 3 is 2.51 bits per heavy atom. The van der Waals surface area contributed by atoms with Gasteiger partial charge >= 0.3 is 12.6 Å². The number of halogens is 4. The van der Waals surface area contributed by atoms with Crippen LogP contribution in [-0.4, -0.2) is 63.0 Å². The third kappa shape index (κ3) is 8.72. The third-order valence-electron chi connectivity index (χ3n) is 7.23. The lowest BCUT2D eigenvalue weighted by molar-refractivity contribution is -0.128. The van der Waals surface area contributed by atoms with E-state index in [-0.39, 0.29) is 39.2 Å². The summed E-state index contributed by atoms with van der Waals surface area (Å²) in [7, 11) is 1.43. The maximum absolute atomic E-state index is 13.6. The lowest BCUT2D eigenvalue weighted by Gasteiger charge is -2.23. The van der Waals surface area contributed by atoms with Crippen LogP contribution in [-0.2, 0) is 20.7 Å². The quantitative estimate of drug-likeness (QED) is 0.217. The highest BCUT2D eigenvalue weighted by molar-refractivity contribution is 6.35. The van der Waals surface area contributed by atoms with E-state index >= 15 is 0 Å². The Bertz CT molecular complexity index is 1500. The first-order valence-electron chi connectivity index (χ1n) is 14.2. The van der Waals surface area contributed by atoms with E-state index in [4.69, 9.17) is 42.1 Å². The number of nitrogens with zero attached hydrogens (tertiary/aromatic N) is 1. The Morgan fingerprint density at radius 1 is 1.09 bits per heavy atom. The largest absolute Gasteiger partial charge is 0.495 e. The van der Waals surface area contributed by atoms with Crippen LogP contribution < -0.4 is 24.8 Å². The number of rotatable bonds is 13. The normalized spacial score (nSPS) is 17.0. The lowest BCUT2D eigenvalue weighted by Crippen LogP contribution is -2.45. The van der Waals surface area contributed by atoms with E-state index in [1.54, 1.807) is 0 Å². The molecule has 1 aliphatic carbocycles. The topological polar surface area (TPSA) is 117 Å². The number of pyridine rings is 1. The summed E-state index contributed by atoms with van der Waals surface area (Å²) in [6.45, 7) is -1.37. The van der Waals surface area contributed by atoms with Gasteiger partial charge in [0.1, 0.15) is 18.0 Å². The van der Waals surface area contributed by atoms with E-state index in [9.17, 15) is 18.4 Å². The Kier molecular flexibility index (Phi) is 10.9. The zero-order valence-corrected chi connectivity index (χ0v) is 25.7. The van der Waals surface area contributed by atoms with Crippen LogP contribution in [0, 0.1) is 5.92 Å². The van der Waals surface area contributed by atoms with Gasteiger partial charge in [0.25, 0.3) is 5.91 Å². The van der Waals surface area contributed by atoms with Crippen LogP contribution >= 0.6 is 23.2 Å². The lowest BCUT2D eigenvalue weighted by atomic mass is 10.0. The summed E-state index contributed by atoms with van der Waals surface area (Å²) in [4.78, 5) is 30.4. The fraction of sp³-hybridized carbons (Fsp3) is 0.387. The molecule has 2 heterocycles. The molecule has 1 aromatic heterocycles. The number of hydrogen-bond donors (Lipinski definition) is 2. The molecular formula is C31H31Cl2F2N3O7. The van der Waals surface area contributed by atoms with Gasteiger partial charge in [-0.2, -0.15) is 8.78 Å². The molecule has 2 aromatic carbocycles. The van der Waals surface area contributed by atoms with Gasteiger partial charge in [-0.05, 0) is 60.2 Å². The summed E-state index contributed by atoms with van der Waals surface area (Å²) in [5, 5.41) is 6.34. The summed E-state index contributed by atoms with van der Waals surface area (Å²) in [5.41, 5.74) is 1.23. The number of hydrogen-bond acceptors (Lipinski definition) is 9. The first-order chi connectivity index (χ1) is 21.7. The number of carbonyl (C=O) groups excluding carboxylic acids is 2. The van der Waals surface area contributed by atoms with Gasteiger partial charge in [-0.15, -0.1) is 0 Å². The first kappa shape index (κ1) is 32.7. The molecule has 0 bridgehead atoms. The van der Waals surface area contributed by atoms with Crippen molar-refractivity contribution in [3.8, 4) is 17.2 Å². The monoisotopic (exact) mass is 665 g/mol. The average Bonchev–Trinajstić information content (AvgIpc) is 3.86. The van der Waals surface area contributed by atoms with Crippen LogP contribution in [0.5, 0.6) is 17.2 Å².